The van der Waals surface area contributed by atoms with Crippen molar-refractivity contribution in [2.24, 2.45) is 0 Å². The van der Waals surface area contributed by atoms with E-state index in [1.807, 2.05) is 52.0 Å². The molecular formula is C19H22N4O2S. The van der Waals surface area contributed by atoms with Crippen molar-refractivity contribution < 1.29 is 9.59 Å². The van der Waals surface area contributed by atoms with Crippen molar-refractivity contribution >= 4 is 39.2 Å². The fourth-order valence-electron chi connectivity index (χ4n) is 2.64. The maximum Gasteiger partial charge on any atom is 0.256 e. The molecule has 0 radical (unpaired) electrons. The van der Waals surface area contributed by atoms with E-state index in [-0.39, 0.29) is 17.4 Å². The number of amides is 2. The van der Waals surface area contributed by atoms with Gasteiger partial charge in [-0.1, -0.05) is 17.7 Å². The third-order valence-electron chi connectivity index (χ3n) is 3.67. The first-order valence-corrected chi connectivity index (χ1v) is 9.19. The molecule has 0 unspecified atom stereocenters. The van der Waals surface area contributed by atoms with E-state index in [2.05, 4.69) is 20.8 Å². The molecule has 0 spiro atoms. The van der Waals surface area contributed by atoms with Gasteiger partial charge in [0.15, 0.2) is 0 Å². The largest absolute Gasteiger partial charge is 0.351 e. The molecule has 3 rings (SSSR count). The Kier molecular flexibility index (Phi) is 4.82. The number of carbonyl (C=O) groups excluding carboxylic acids is 2. The molecule has 2 aromatic heterocycles. The number of thiophene rings is 1. The fraction of sp³-hybridized carbons (Fsp3) is 0.316. The van der Waals surface area contributed by atoms with Crippen LogP contribution in [0.15, 0.2) is 30.3 Å². The number of aromatic amines is 1. The van der Waals surface area contributed by atoms with Crippen LogP contribution in [-0.4, -0.2) is 27.6 Å². The molecule has 3 aromatic rings. The molecule has 6 nitrogen and oxygen atoms in total. The van der Waals surface area contributed by atoms with E-state index in [0.29, 0.717) is 17.8 Å². The van der Waals surface area contributed by atoms with Gasteiger partial charge in [-0.2, -0.15) is 5.10 Å². The second kappa shape index (κ2) is 6.92. The van der Waals surface area contributed by atoms with Crippen molar-refractivity contribution in [2.45, 2.75) is 39.7 Å². The molecule has 3 N–H and O–H groups in total. The topological polar surface area (TPSA) is 86.9 Å². The second-order valence-electron chi connectivity index (χ2n) is 7.33. The molecule has 136 valence electrons. The lowest BCUT2D eigenvalue weighted by atomic mass is 10.1. The number of hydrogen-bond donors (Lipinski definition) is 3. The molecule has 0 aliphatic carbocycles. The molecule has 0 bridgehead atoms. The Hall–Kier alpha value is -2.67. The number of hydrogen-bond acceptors (Lipinski definition) is 4. The molecule has 7 heteroatoms. The molecule has 0 saturated heterocycles. The van der Waals surface area contributed by atoms with E-state index < -0.39 is 0 Å². The van der Waals surface area contributed by atoms with Crippen molar-refractivity contribution in [3.8, 4) is 0 Å². The number of anilines is 1. The monoisotopic (exact) mass is 370 g/mol. The molecule has 0 saturated carbocycles. The summed E-state index contributed by atoms with van der Waals surface area (Å²) in [6.45, 7) is 7.79. The zero-order chi connectivity index (χ0) is 18.9. The van der Waals surface area contributed by atoms with Gasteiger partial charge in [0, 0.05) is 16.0 Å². The van der Waals surface area contributed by atoms with Gasteiger partial charge in [-0.25, -0.2) is 0 Å². The first-order chi connectivity index (χ1) is 12.2. The molecule has 0 atom stereocenters. The molecule has 2 amide bonds. The minimum absolute atomic E-state index is 0.0317. The van der Waals surface area contributed by atoms with Crippen LogP contribution in [-0.2, 0) is 11.2 Å². The summed E-state index contributed by atoms with van der Waals surface area (Å²) in [6, 6.07) is 9.30. The summed E-state index contributed by atoms with van der Waals surface area (Å²) < 4.78 is 0. The van der Waals surface area contributed by atoms with Gasteiger partial charge in [-0.15, -0.1) is 11.3 Å². The van der Waals surface area contributed by atoms with E-state index in [0.717, 1.165) is 20.7 Å². The number of fused-ring (bicyclic) bond motifs is 1. The van der Waals surface area contributed by atoms with Gasteiger partial charge in [-0.05, 0) is 45.9 Å². The Morgan fingerprint density at radius 3 is 2.69 bits per heavy atom. The van der Waals surface area contributed by atoms with Crippen LogP contribution in [0, 0.1) is 6.92 Å². The van der Waals surface area contributed by atoms with Crippen molar-refractivity contribution in [1.29, 1.82) is 0 Å². The van der Waals surface area contributed by atoms with Crippen LogP contribution in [0.1, 0.15) is 41.6 Å². The highest BCUT2D eigenvalue weighted by atomic mass is 32.1. The Balaban J connectivity index is 1.75. The van der Waals surface area contributed by atoms with Crippen LogP contribution in [0.5, 0.6) is 0 Å². The fourth-order valence-corrected chi connectivity index (χ4v) is 3.63. The quantitative estimate of drug-likeness (QED) is 0.655. The summed E-state index contributed by atoms with van der Waals surface area (Å²) in [7, 11) is 0. The number of carbonyl (C=O) groups is 2. The SMILES string of the molecule is Cc1cccc(C(=O)Nc2[nH]nc3sc(CC(=O)NC(C)(C)C)cc23)c1. The number of nitrogens with zero attached hydrogens (tertiary/aromatic N) is 1. The van der Waals surface area contributed by atoms with E-state index >= 15 is 0 Å². The minimum Gasteiger partial charge on any atom is -0.351 e. The van der Waals surface area contributed by atoms with E-state index in [1.165, 1.54) is 11.3 Å². The first-order valence-electron chi connectivity index (χ1n) is 8.37. The molecule has 0 aliphatic heterocycles. The summed E-state index contributed by atoms with van der Waals surface area (Å²) in [5.74, 6) is 0.318. The summed E-state index contributed by atoms with van der Waals surface area (Å²) in [5, 5.41) is 13.7. The van der Waals surface area contributed by atoms with Crippen molar-refractivity contribution in [3.05, 3.63) is 46.3 Å². The van der Waals surface area contributed by atoms with Crippen LogP contribution < -0.4 is 10.6 Å². The van der Waals surface area contributed by atoms with Gasteiger partial charge in [-0.3, -0.25) is 14.7 Å². The predicted octanol–water partition coefficient (Wildman–Crippen LogP) is 3.64. The third-order valence-corrected chi connectivity index (χ3v) is 4.70. The lowest BCUT2D eigenvalue weighted by molar-refractivity contribution is -0.121. The normalized spacial score (nSPS) is 11.5. The predicted molar refractivity (Wildman–Crippen MR) is 105 cm³/mol. The van der Waals surface area contributed by atoms with Gasteiger partial charge in [0.1, 0.15) is 10.6 Å². The van der Waals surface area contributed by atoms with Gasteiger partial charge in [0.05, 0.1) is 11.8 Å². The number of H-pyrrole nitrogens is 1. The van der Waals surface area contributed by atoms with Gasteiger partial charge in [0.2, 0.25) is 5.91 Å². The smallest absolute Gasteiger partial charge is 0.256 e. The maximum absolute atomic E-state index is 12.4. The minimum atomic E-state index is -0.262. The van der Waals surface area contributed by atoms with Crippen LogP contribution in [0.25, 0.3) is 10.2 Å². The average Bonchev–Trinajstić information content (AvgIpc) is 3.06. The summed E-state index contributed by atoms with van der Waals surface area (Å²) >= 11 is 1.44. The second-order valence-corrected chi connectivity index (χ2v) is 8.44. The standard InChI is InChI=1S/C19H22N4O2S/c1-11-6-5-7-12(8-11)17(25)20-16-14-9-13(26-18(14)23-22-16)10-15(24)21-19(2,3)4/h5-9H,10H2,1-4H3,(H,21,24)(H2,20,22,23,25). The van der Waals surface area contributed by atoms with Gasteiger partial charge < -0.3 is 10.6 Å². The average molecular weight is 370 g/mol. The first kappa shape index (κ1) is 18.1. The summed E-state index contributed by atoms with van der Waals surface area (Å²) in [5.41, 5.74) is 1.35. The van der Waals surface area contributed by atoms with Crippen molar-refractivity contribution in [3.63, 3.8) is 0 Å². The number of benzene rings is 1. The highest BCUT2D eigenvalue weighted by molar-refractivity contribution is 7.18. The van der Waals surface area contributed by atoms with Gasteiger partial charge in [0.25, 0.3) is 5.91 Å². The lowest BCUT2D eigenvalue weighted by Crippen LogP contribution is -2.41. The van der Waals surface area contributed by atoms with Crippen LogP contribution >= 0.6 is 11.3 Å². The zero-order valence-corrected chi connectivity index (χ0v) is 16.1. The van der Waals surface area contributed by atoms with Crippen LogP contribution in [0.3, 0.4) is 0 Å². The van der Waals surface area contributed by atoms with E-state index in [9.17, 15) is 9.59 Å². The van der Waals surface area contributed by atoms with E-state index in [4.69, 9.17) is 0 Å². The highest BCUT2D eigenvalue weighted by Gasteiger charge is 2.17. The molecule has 2 heterocycles. The number of aryl methyl sites for hydroxylation is 1. The summed E-state index contributed by atoms with van der Waals surface area (Å²) in [4.78, 5) is 26.2. The van der Waals surface area contributed by atoms with Crippen molar-refractivity contribution in [2.75, 3.05) is 5.32 Å². The highest BCUT2D eigenvalue weighted by Crippen LogP contribution is 2.29. The Morgan fingerprint density at radius 1 is 1.23 bits per heavy atom. The van der Waals surface area contributed by atoms with Crippen LogP contribution in [0.2, 0.25) is 0 Å². The zero-order valence-electron chi connectivity index (χ0n) is 15.3. The Bertz CT molecular complexity index is 965. The maximum atomic E-state index is 12.4. The van der Waals surface area contributed by atoms with Crippen molar-refractivity contribution in [1.82, 2.24) is 15.5 Å². The number of nitrogens with one attached hydrogen (secondary N) is 3. The molecular weight excluding hydrogens is 348 g/mol. The molecule has 1 aromatic carbocycles. The number of aromatic nitrogens is 2. The number of rotatable bonds is 4. The molecule has 0 aliphatic rings. The third kappa shape index (κ3) is 4.29. The molecule has 0 fully saturated rings. The lowest BCUT2D eigenvalue weighted by Gasteiger charge is -2.20. The van der Waals surface area contributed by atoms with Crippen LogP contribution in [0.4, 0.5) is 5.82 Å². The summed E-state index contributed by atoms with van der Waals surface area (Å²) in [6.07, 6.45) is 0.295. The molecule has 26 heavy (non-hydrogen) atoms. The van der Waals surface area contributed by atoms with Gasteiger partial charge >= 0.3 is 0 Å². The Labute approximate surface area is 156 Å². The van der Waals surface area contributed by atoms with E-state index in [1.54, 1.807) is 6.07 Å². The Morgan fingerprint density at radius 2 is 2.00 bits per heavy atom.